The first-order chi connectivity index (χ1) is 15.6. The SMILES string of the molecule is O=C(CSc1nc(-c2ccccc2)c(-c2ccccc2)n1-c1ccccc1)NNC(=S)S. The maximum Gasteiger partial charge on any atom is 0.248 e. The average Bonchev–Trinajstić information content (AvgIpc) is 3.22. The van der Waals surface area contributed by atoms with Crippen molar-refractivity contribution in [2.24, 2.45) is 0 Å². The highest BCUT2D eigenvalue weighted by molar-refractivity contribution is 8.11. The van der Waals surface area contributed by atoms with Crippen LogP contribution >= 0.6 is 36.6 Å². The maximum atomic E-state index is 12.3. The van der Waals surface area contributed by atoms with Gasteiger partial charge in [0.05, 0.1) is 17.1 Å². The molecule has 5 nitrogen and oxygen atoms in total. The Bertz CT molecular complexity index is 1210. The number of hydrogen-bond acceptors (Lipinski definition) is 4. The first-order valence-corrected chi connectivity index (χ1v) is 11.7. The summed E-state index contributed by atoms with van der Waals surface area (Å²) in [6, 6.07) is 30.3. The summed E-state index contributed by atoms with van der Waals surface area (Å²) in [5.41, 5.74) is 9.94. The molecule has 8 heteroatoms. The van der Waals surface area contributed by atoms with Gasteiger partial charge in [0.25, 0.3) is 0 Å². The number of para-hydroxylation sites is 1. The van der Waals surface area contributed by atoms with Crippen LogP contribution in [0.15, 0.2) is 96.2 Å². The molecule has 0 radical (unpaired) electrons. The molecule has 0 fully saturated rings. The number of aromatic nitrogens is 2. The zero-order valence-electron chi connectivity index (χ0n) is 16.9. The van der Waals surface area contributed by atoms with Gasteiger partial charge in [-0.25, -0.2) is 4.98 Å². The molecule has 0 unspecified atom stereocenters. The van der Waals surface area contributed by atoms with Crippen molar-refractivity contribution < 1.29 is 4.79 Å². The van der Waals surface area contributed by atoms with Crippen LogP contribution in [-0.4, -0.2) is 25.5 Å². The fourth-order valence-corrected chi connectivity index (χ4v) is 4.18. The zero-order chi connectivity index (χ0) is 22.3. The number of hydrazine groups is 1. The van der Waals surface area contributed by atoms with Crippen LogP contribution in [0.4, 0.5) is 0 Å². The van der Waals surface area contributed by atoms with Gasteiger partial charge in [-0.3, -0.25) is 20.2 Å². The lowest BCUT2D eigenvalue weighted by Crippen LogP contribution is -2.39. The van der Waals surface area contributed by atoms with Crippen molar-refractivity contribution >= 4 is 46.8 Å². The number of hydrogen-bond donors (Lipinski definition) is 3. The van der Waals surface area contributed by atoms with Crippen molar-refractivity contribution in [2.45, 2.75) is 5.16 Å². The highest BCUT2D eigenvalue weighted by atomic mass is 32.2. The van der Waals surface area contributed by atoms with Crippen LogP contribution in [0.25, 0.3) is 28.2 Å². The van der Waals surface area contributed by atoms with E-state index in [1.165, 1.54) is 11.8 Å². The Kier molecular flexibility index (Phi) is 7.26. The Morgan fingerprint density at radius 2 is 1.44 bits per heavy atom. The minimum Gasteiger partial charge on any atom is -0.287 e. The monoisotopic (exact) mass is 476 g/mol. The summed E-state index contributed by atoms with van der Waals surface area (Å²) in [7, 11) is 0. The van der Waals surface area contributed by atoms with Crippen molar-refractivity contribution in [3.63, 3.8) is 0 Å². The second-order valence-corrected chi connectivity index (χ2v) is 8.86. The molecule has 2 N–H and O–H groups in total. The highest BCUT2D eigenvalue weighted by Gasteiger charge is 2.22. The van der Waals surface area contributed by atoms with Gasteiger partial charge in [0.1, 0.15) is 4.32 Å². The van der Waals surface area contributed by atoms with E-state index in [0.29, 0.717) is 0 Å². The predicted molar refractivity (Wildman–Crippen MR) is 138 cm³/mol. The van der Waals surface area contributed by atoms with E-state index in [1.807, 2.05) is 78.9 Å². The van der Waals surface area contributed by atoms with Gasteiger partial charge in [-0.2, -0.15) is 0 Å². The number of thiol groups is 1. The molecule has 0 saturated carbocycles. The number of amides is 1. The summed E-state index contributed by atoms with van der Waals surface area (Å²) in [5, 5.41) is 0.720. The van der Waals surface area contributed by atoms with E-state index in [4.69, 9.17) is 17.2 Å². The molecule has 0 bridgehead atoms. The number of thioether (sulfide) groups is 1. The van der Waals surface area contributed by atoms with E-state index in [2.05, 4.69) is 40.2 Å². The largest absolute Gasteiger partial charge is 0.287 e. The van der Waals surface area contributed by atoms with Gasteiger partial charge < -0.3 is 0 Å². The van der Waals surface area contributed by atoms with Crippen molar-refractivity contribution in [2.75, 3.05) is 5.75 Å². The summed E-state index contributed by atoms with van der Waals surface area (Å²) in [4.78, 5) is 17.3. The number of nitrogens with one attached hydrogen (secondary N) is 2. The molecule has 0 saturated heterocycles. The van der Waals surface area contributed by atoms with Crippen molar-refractivity contribution in [1.82, 2.24) is 20.4 Å². The molecule has 0 atom stereocenters. The summed E-state index contributed by atoms with van der Waals surface area (Å²) >= 11 is 10.1. The number of nitrogens with zero attached hydrogens (tertiary/aromatic N) is 2. The van der Waals surface area contributed by atoms with Gasteiger partial charge in [-0.1, -0.05) is 103 Å². The number of imidazole rings is 1. The first kappa shape index (κ1) is 22.1. The Labute approximate surface area is 201 Å². The van der Waals surface area contributed by atoms with E-state index in [1.54, 1.807) is 0 Å². The van der Waals surface area contributed by atoms with Crippen LogP contribution in [0.5, 0.6) is 0 Å². The van der Waals surface area contributed by atoms with Crippen molar-refractivity contribution in [3.8, 4) is 28.2 Å². The van der Waals surface area contributed by atoms with Crippen LogP contribution < -0.4 is 10.9 Å². The maximum absolute atomic E-state index is 12.3. The number of carbonyl (C=O) groups is 1. The molecule has 1 heterocycles. The van der Waals surface area contributed by atoms with Crippen LogP contribution in [0, 0.1) is 0 Å². The standard InChI is InChI=1S/C24H20N4OS3/c29-20(26-27-24(30)31)16-32-23-25-21(17-10-4-1-5-11-17)22(18-12-6-2-7-13-18)28(23)19-14-8-3-9-15-19/h1-15H,16H2,(H,26,29)(H2,27,30,31). The third-order valence-corrected chi connectivity index (χ3v) is 5.75. The molecule has 4 rings (SSSR count). The van der Waals surface area contributed by atoms with E-state index in [0.717, 1.165) is 33.4 Å². The molecular formula is C24H20N4OS3. The van der Waals surface area contributed by atoms with Gasteiger partial charge in [0, 0.05) is 16.8 Å². The lowest BCUT2D eigenvalue weighted by molar-refractivity contribution is -0.119. The predicted octanol–water partition coefficient (Wildman–Crippen LogP) is 5.13. The first-order valence-electron chi connectivity index (χ1n) is 9.83. The normalized spacial score (nSPS) is 10.5. The highest BCUT2D eigenvalue weighted by Crippen LogP contribution is 2.38. The molecule has 3 aromatic carbocycles. The third kappa shape index (κ3) is 5.21. The number of benzene rings is 3. The number of thiocarbonyl (C=S) groups is 1. The molecule has 1 aromatic heterocycles. The Morgan fingerprint density at radius 3 is 2.03 bits per heavy atom. The zero-order valence-corrected chi connectivity index (χ0v) is 19.5. The molecule has 1 amide bonds. The summed E-state index contributed by atoms with van der Waals surface area (Å²) in [6.07, 6.45) is 0. The topological polar surface area (TPSA) is 59.0 Å². The fourth-order valence-electron chi connectivity index (χ4n) is 3.26. The second kappa shape index (κ2) is 10.5. The van der Waals surface area contributed by atoms with E-state index in [-0.39, 0.29) is 16.0 Å². The molecular weight excluding hydrogens is 456 g/mol. The molecule has 0 aliphatic rings. The Balaban J connectivity index is 1.83. The van der Waals surface area contributed by atoms with Crippen LogP contribution in [-0.2, 0) is 4.79 Å². The van der Waals surface area contributed by atoms with E-state index in [9.17, 15) is 4.79 Å². The van der Waals surface area contributed by atoms with Gasteiger partial charge >= 0.3 is 0 Å². The molecule has 4 aromatic rings. The van der Waals surface area contributed by atoms with E-state index < -0.39 is 0 Å². The molecule has 0 aliphatic heterocycles. The molecule has 0 aliphatic carbocycles. The lowest BCUT2D eigenvalue weighted by Gasteiger charge is -2.13. The minimum absolute atomic E-state index is 0.162. The lowest BCUT2D eigenvalue weighted by atomic mass is 10.0. The van der Waals surface area contributed by atoms with Crippen molar-refractivity contribution in [3.05, 3.63) is 91.0 Å². The smallest absolute Gasteiger partial charge is 0.248 e. The van der Waals surface area contributed by atoms with Crippen molar-refractivity contribution in [1.29, 1.82) is 0 Å². The van der Waals surface area contributed by atoms with Crippen LogP contribution in [0.1, 0.15) is 0 Å². The quantitative estimate of drug-likeness (QED) is 0.156. The van der Waals surface area contributed by atoms with Crippen LogP contribution in [0.2, 0.25) is 0 Å². The average molecular weight is 477 g/mol. The third-order valence-electron chi connectivity index (χ3n) is 4.60. The summed E-state index contributed by atoms with van der Waals surface area (Å²) < 4.78 is 2.30. The van der Waals surface area contributed by atoms with Gasteiger partial charge in [-0.05, 0) is 12.1 Å². The molecule has 160 valence electrons. The number of rotatable bonds is 6. The molecule has 32 heavy (non-hydrogen) atoms. The second-order valence-electron chi connectivity index (χ2n) is 6.76. The van der Waals surface area contributed by atoms with Crippen LogP contribution in [0.3, 0.4) is 0 Å². The Hall–Kier alpha value is -3.07. The summed E-state index contributed by atoms with van der Waals surface area (Å²) in [5.74, 6) is -0.0630. The molecule has 0 spiro atoms. The fraction of sp³-hybridized carbons (Fsp3) is 0.0417. The Morgan fingerprint density at radius 1 is 0.875 bits per heavy atom. The van der Waals surface area contributed by atoms with Gasteiger partial charge in [-0.15, -0.1) is 12.6 Å². The van der Waals surface area contributed by atoms with Gasteiger partial charge in [0.2, 0.25) is 5.91 Å². The van der Waals surface area contributed by atoms with Gasteiger partial charge in [0.15, 0.2) is 5.16 Å². The van der Waals surface area contributed by atoms with E-state index >= 15 is 0 Å². The summed E-state index contributed by atoms with van der Waals surface area (Å²) in [6.45, 7) is 0. The minimum atomic E-state index is -0.225. The number of carbonyl (C=O) groups excluding carboxylic acids is 1.